The Hall–Kier alpha value is -3.70. The Bertz CT molecular complexity index is 1480. The molecular weight excluding hydrogens is 476 g/mol. The van der Waals surface area contributed by atoms with Crippen molar-refractivity contribution in [2.75, 3.05) is 54.0 Å². The zero-order valence-corrected chi connectivity index (χ0v) is 21.5. The van der Waals surface area contributed by atoms with Crippen LogP contribution in [0.25, 0.3) is 11.0 Å². The van der Waals surface area contributed by atoms with Crippen LogP contribution in [-0.2, 0) is 16.6 Å². The van der Waals surface area contributed by atoms with Gasteiger partial charge in [-0.25, -0.2) is 18.4 Å². The lowest BCUT2D eigenvalue weighted by molar-refractivity contribution is 0.589. The summed E-state index contributed by atoms with van der Waals surface area (Å²) in [6.45, 7) is 6.36. The highest BCUT2D eigenvalue weighted by molar-refractivity contribution is 7.92. The second kappa shape index (κ2) is 9.75. The maximum Gasteiger partial charge on any atom is 0.233 e. The Balaban J connectivity index is 1.39. The molecule has 0 radical (unpaired) electrons. The van der Waals surface area contributed by atoms with Crippen LogP contribution in [0.5, 0.6) is 0 Å². The number of sulfonamides is 1. The zero-order valence-electron chi connectivity index (χ0n) is 20.6. The fourth-order valence-electron chi connectivity index (χ4n) is 4.33. The largest absolute Gasteiger partial charge is 0.369 e. The fraction of sp³-hybridized carbons (Fsp3) is 0.320. The van der Waals surface area contributed by atoms with Gasteiger partial charge < -0.3 is 20.1 Å². The first-order valence-corrected chi connectivity index (χ1v) is 13.7. The van der Waals surface area contributed by atoms with E-state index in [2.05, 4.69) is 37.6 Å². The predicted octanol–water partition coefficient (Wildman–Crippen LogP) is 2.73. The molecule has 0 bridgehead atoms. The molecule has 10 nitrogen and oxygen atoms in total. The third kappa shape index (κ3) is 5.12. The van der Waals surface area contributed by atoms with E-state index in [1.165, 1.54) is 23.3 Å². The normalized spacial score (nSPS) is 14.2. The van der Waals surface area contributed by atoms with Crippen molar-refractivity contribution >= 4 is 44.2 Å². The number of anilines is 4. The molecule has 1 aromatic carbocycles. The van der Waals surface area contributed by atoms with Crippen molar-refractivity contribution in [2.45, 2.75) is 13.5 Å². The number of piperazine rings is 1. The van der Waals surface area contributed by atoms with Gasteiger partial charge in [0.2, 0.25) is 16.0 Å². The van der Waals surface area contributed by atoms with Gasteiger partial charge in [-0.05, 0) is 48.9 Å². The molecule has 1 aliphatic rings. The summed E-state index contributed by atoms with van der Waals surface area (Å²) >= 11 is 0. The van der Waals surface area contributed by atoms with E-state index in [4.69, 9.17) is 4.98 Å². The van der Waals surface area contributed by atoms with Crippen LogP contribution in [0.2, 0.25) is 0 Å². The number of fused-ring (bicyclic) bond motifs is 1. The van der Waals surface area contributed by atoms with Gasteiger partial charge in [0.1, 0.15) is 11.5 Å². The summed E-state index contributed by atoms with van der Waals surface area (Å²) < 4.78 is 27.5. The molecule has 5 rings (SSSR count). The number of hydrogen-bond acceptors (Lipinski definition) is 8. The van der Waals surface area contributed by atoms with Crippen LogP contribution in [-0.4, -0.2) is 67.4 Å². The third-order valence-corrected chi connectivity index (χ3v) is 7.49. The van der Waals surface area contributed by atoms with E-state index in [0.29, 0.717) is 18.3 Å². The van der Waals surface area contributed by atoms with Crippen molar-refractivity contribution < 1.29 is 8.42 Å². The molecule has 0 atom stereocenters. The Morgan fingerprint density at radius 2 is 1.83 bits per heavy atom. The van der Waals surface area contributed by atoms with Gasteiger partial charge in [0.15, 0.2) is 0 Å². The molecule has 3 aromatic heterocycles. The molecule has 0 saturated carbocycles. The number of benzene rings is 1. The molecular formula is C25H30N8O2S. The molecule has 2 N–H and O–H groups in total. The molecule has 1 fully saturated rings. The van der Waals surface area contributed by atoms with Crippen molar-refractivity contribution in [2.24, 2.45) is 0 Å². The van der Waals surface area contributed by atoms with Crippen molar-refractivity contribution in [1.82, 2.24) is 24.8 Å². The average Bonchev–Trinajstić information content (AvgIpc) is 3.26. The van der Waals surface area contributed by atoms with Gasteiger partial charge in [-0.15, -0.1) is 0 Å². The Labute approximate surface area is 211 Å². The summed E-state index contributed by atoms with van der Waals surface area (Å²) in [6, 6.07) is 12.2. The van der Waals surface area contributed by atoms with Crippen LogP contribution in [0, 0.1) is 6.92 Å². The highest BCUT2D eigenvalue weighted by Crippen LogP contribution is 2.25. The van der Waals surface area contributed by atoms with Gasteiger partial charge in [0.05, 0.1) is 12.8 Å². The number of aryl methyl sites for hydroxylation is 1. The molecule has 11 heteroatoms. The van der Waals surface area contributed by atoms with Crippen molar-refractivity contribution in [3.63, 3.8) is 0 Å². The van der Waals surface area contributed by atoms with Crippen LogP contribution in [0.4, 0.5) is 23.1 Å². The lowest BCUT2D eigenvalue weighted by atomic mass is 10.2. The second-order valence-corrected chi connectivity index (χ2v) is 11.1. The molecule has 0 amide bonds. The minimum atomic E-state index is -3.44. The summed E-state index contributed by atoms with van der Waals surface area (Å²) in [7, 11) is -1.93. The summed E-state index contributed by atoms with van der Waals surface area (Å²) in [5.41, 5.74) is 4.60. The molecule has 0 aliphatic carbocycles. The lowest BCUT2D eigenvalue weighted by Crippen LogP contribution is -2.43. The van der Waals surface area contributed by atoms with Gasteiger partial charge in [-0.1, -0.05) is 0 Å². The third-order valence-electron chi connectivity index (χ3n) is 6.32. The van der Waals surface area contributed by atoms with E-state index in [9.17, 15) is 8.42 Å². The smallest absolute Gasteiger partial charge is 0.233 e. The van der Waals surface area contributed by atoms with Crippen LogP contribution < -0.4 is 19.8 Å². The van der Waals surface area contributed by atoms with E-state index >= 15 is 0 Å². The van der Waals surface area contributed by atoms with Gasteiger partial charge >= 0.3 is 0 Å². The van der Waals surface area contributed by atoms with Gasteiger partial charge in [0.25, 0.3) is 0 Å². The SMILES string of the molecule is Cc1cnc(N(C)S(C)(=O)=O)c(Cn2ccc3cnc(Nc4ccc(N5CCNCC5)cc4)nc32)c1. The van der Waals surface area contributed by atoms with Crippen molar-refractivity contribution in [1.29, 1.82) is 0 Å². The maximum absolute atomic E-state index is 12.2. The van der Waals surface area contributed by atoms with Crippen LogP contribution in [0.1, 0.15) is 11.1 Å². The van der Waals surface area contributed by atoms with Gasteiger partial charge in [-0.2, -0.15) is 4.98 Å². The lowest BCUT2D eigenvalue weighted by Gasteiger charge is -2.29. The van der Waals surface area contributed by atoms with E-state index < -0.39 is 10.0 Å². The maximum atomic E-state index is 12.2. The first-order valence-electron chi connectivity index (χ1n) is 11.8. The fourth-order valence-corrected chi connectivity index (χ4v) is 4.81. The number of nitrogens with one attached hydrogen (secondary N) is 2. The van der Waals surface area contributed by atoms with Crippen molar-refractivity contribution in [3.05, 3.63) is 66.1 Å². The molecule has 36 heavy (non-hydrogen) atoms. The van der Waals surface area contributed by atoms with Gasteiger partial charge in [0, 0.05) is 74.1 Å². The summed E-state index contributed by atoms with van der Waals surface area (Å²) in [5, 5.41) is 7.57. The molecule has 1 saturated heterocycles. The van der Waals surface area contributed by atoms with Crippen LogP contribution in [0.3, 0.4) is 0 Å². The Morgan fingerprint density at radius 3 is 2.56 bits per heavy atom. The molecule has 4 heterocycles. The number of hydrogen-bond donors (Lipinski definition) is 2. The highest BCUT2D eigenvalue weighted by atomic mass is 32.2. The summed E-state index contributed by atoms with van der Waals surface area (Å²) in [6.07, 6.45) is 6.56. The molecule has 188 valence electrons. The second-order valence-electron chi connectivity index (χ2n) is 9.05. The molecule has 1 aliphatic heterocycles. The van der Waals surface area contributed by atoms with Crippen LogP contribution in [0.15, 0.2) is 55.0 Å². The summed E-state index contributed by atoms with van der Waals surface area (Å²) in [4.78, 5) is 16.0. The minimum absolute atomic E-state index is 0.405. The van der Waals surface area contributed by atoms with Crippen LogP contribution >= 0.6 is 0 Å². The Morgan fingerprint density at radius 1 is 1.08 bits per heavy atom. The number of pyridine rings is 1. The molecule has 0 unspecified atom stereocenters. The molecule has 0 spiro atoms. The Kier molecular flexibility index (Phi) is 6.50. The first kappa shape index (κ1) is 24.0. The minimum Gasteiger partial charge on any atom is -0.369 e. The summed E-state index contributed by atoms with van der Waals surface area (Å²) in [5.74, 6) is 0.898. The zero-order chi connectivity index (χ0) is 25.3. The number of rotatable bonds is 7. The van der Waals surface area contributed by atoms with Gasteiger partial charge in [-0.3, -0.25) is 4.31 Å². The first-order chi connectivity index (χ1) is 17.3. The number of aromatic nitrogens is 4. The average molecular weight is 507 g/mol. The highest BCUT2D eigenvalue weighted by Gasteiger charge is 2.18. The van der Waals surface area contributed by atoms with E-state index in [1.54, 1.807) is 12.4 Å². The van der Waals surface area contributed by atoms with Crippen molar-refractivity contribution in [3.8, 4) is 0 Å². The van der Waals surface area contributed by atoms with E-state index in [0.717, 1.165) is 54.0 Å². The molecule has 4 aromatic rings. The monoisotopic (exact) mass is 506 g/mol. The van der Waals surface area contributed by atoms with E-state index in [-0.39, 0.29) is 0 Å². The number of nitrogens with zero attached hydrogens (tertiary/aromatic N) is 6. The standard InChI is InChI=1S/C25H30N8O2S/c1-18-14-20(23(27-15-18)31(2)36(3,34)35)17-33-11-8-19-16-28-25(30-24(19)33)29-21-4-6-22(7-5-21)32-12-9-26-10-13-32/h4-8,11,14-16,26H,9-10,12-13,17H2,1-3H3,(H,28,29,30). The predicted molar refractivity (Wildman–Crippen MR) is 144 cm³/mol. The quantitative estimate of drug-likeness (QED) is 0.394. The topological polar surface area (TPSA) is 108 Å². The van der Waals surface area contributed by atoms with E-state index in [1.807, 2.05) is 42.0 Å².